The van der Waals surface area contributed by atoms with Gasteiger partial charge in [0, 0.05) is 30.2 Å². The van der Waals surface area contributed by atoms with Gasteiger partial charge in [-0.2, -0.15) is 0 Å². The number of nitrogens with zero attached hydrogens (tertiary/aromatic N) is 1. The zero-order chi connectivity index (χ0) is 19.6. The molecular formula is C23H22N2O3. The lowest BCUT2D eigenvalue weighted by Crippen LogP contribution is -2.19. The van der Waals surface area contributed by atoms with Crippen LogP contribution in [0.15, 0.2) is 41.3 Å². The van der Waals surface area contributed by atoms with Gasteiger partial charge in [-0.05, 0) is 66.6 Å². The molecule has 5 heteroatoms. The van der Waals surface area contributed by atoms with E-state index in [2.05, 4.69) is 30.4 Å². The van der Waals surface area contributed by atoms with Gasteiger partial charge in [0.1, 0.15) is 5.56 Å². The van der Waals surface area contributed by atoms with Gasteiger partial charge in [0.25, 0.3) is 0 Å². The quantitative estimate of drug-likeness (QED) is 0.722. The molecule has 0 radical (unpaired) electrons. The van der Waals surface area contributed by atoms with Crippen LogP contribution in [0.4, 0.5) is 0 Å². The molecule has 1 atom stereocenters. The van der Waals surface area contributed by atoms with E-state index >= 15 is 0 Å². The first-order valence-corrected chi connectivity index (χ1v) is 9.74. The van der Waals surface area contributed by atoms with Gasteiger partial charge in [-0.1, -0.05) is 18.2 Å². The van der Waals surface area contributed by atoms with Gasteiger partial charge in [0.15, 0.2) is 0 Å². The van der Waals surface area contributed by atoms with E-state index in [4.69, 9.17) is 0 Å². The van der Waals surface area contributed by atoms with Gasteiger partial charge in [-0.3, -0.25) is 4.79 Å². The molecule has 2 heterocycles. The van der Waals surface area contributed by atoms with E-state index in [0.717, 1.165) is 41.6 Å². The molecule has 1 aliphatic carbocycles. The number of fused-ring (bicyclic) bond motifs is 2. The number of aromatic carboxylic acids is 1. The van der Waals surface area contributed by atoms with E-state index < -0.39 is 11.4 Å². The van der Waals surface area contributed by atoms with Gasteiger partial charge in [0.2, 0.25) is 5.43 Å². The molecule has 5 rings (SSSR count). The Morgan fingerprint density at radius 2 is 2.00 bits per heavy atom. The first-order chi connectivity index (χ1) is 13.5. The number of carboxylic acid groups (broad SMARTS) is 1. The van der Waals surface area contributed by atoms with Gasteiger partial charge < -0.3 is 15.0 Å². The van der Waals surface area contributed by atoms with Crippen molar-refractivity contribution in [1.29, 1.82) is 0 Å². The van der Waals surface area contributed by atoms with E-state index in [9.17, 15) is 14.7 Å². The highest BCUT2D eigenvalue weighted by atomic mass is 16.4. The number of carboxylic acids is 1. The van der Waals surface area contributed by atoms with Crippen molar-refractivity contribution in [3.8, 4) is 11.1 Å². The summed E-state index contributed by atoms with van der Waals surface area (Å²) in [5.41, 5.74) is 6.20. The zero-order valence-electron chi connectivity index (χ0n) is 16.0. The summed E-state index contributed by atoms with van der Waals surface area (Å²) in [6.45, 7) is 5.07. The highest BCUT2D eigenvalue weighted by molar-refractivity contribution is 5.95. The standard InChI is InChI=1S/C23H22N2O3/c1-12-17(14-3-6-18-13(2)24-10-15(18)9-14)7-8-19-21(12)25(16-4-5-16)11-20(22(19)26)23(27)28/h3,6-9,11,13,16,24H,4-5,10H2,1-2H3,(H,27,28). The van der Waals surface area contributed by atoms with Gasteiger partial charge in [-0.25, -0.2) is 4.79 Å². The van der Waals surface area contributed by atoms with Crippen molar-refractivity contribution < 1.29 is 9.90 Å². The van der Waals surface area contributed by atoms with Crippen LogP contribution < -0.4 is 10.7 Å². The summed E-state index contributed by atoms with van der Waals surface area (Å²) < 4.78 is 2.01. The predicted octanol–water partition coefficient (Wildman–Crippen LogP) is 4.17. The van der Waals surface area contributed by atoms with Gasteiger partial charge in [-0.15, -0.1) is 0 Å². The van der Waals surface area contributed by atoms with Crippen molar-refractivity contribution >= 4 is 16.9 Å². The SMILES string of the molecule is Cc1c(-c2ccc3c(c2)CNC3C)ccc2c(=O)c(C(=O)O)cn(C3CC3)c12. The maximum Gasteiger partial charge on any atom is 0.341 e. The number of rotatable bonds is 3. The number of hydrogen-bond donors (Lipinski definition) is 2. The van der Waals surface area contributed by atoms with Crippen LogP contribution in [0.5, 0.6) is 0 Å². The molecule has 3 aromatic rings. The van der Waals surface area contributed by atoms with Crippen molar-refractivity contribution in [2.45, 2.75) is 45.3 Å². The monoisotopic (exact) mass is 374 g/mol. The lowest BCUT2D eigenvalue weighted by atomic mass is 9.94. The smallest absolute Gasteiger partial charge is 0.341 e. The van der Waals surface area contributed by atoms with Crippen LogP contribution in [0.2, 0.25) is 0 Å². The van der Waals surface area contributed by atoms with E-state index in [1.54, 1.807) is 6.07 Å². The Balaban J connectivity index is 1.76. The van der Waals surface area contributed by atoms with Crippen molar-refractivity contribution in [1.82, 2.24) is 9.88 Å². The number of aromatic nitrogens is 1. The zero-order valence-corrected chi connectivity index (χ0v) is 16.0. The molecule has 2 N–H and O–H groups in total. The largest absolute Gasteiger partial charge is 0.477 e. The van der Waals surface area contributed by atoms with E-state index in [-0.39, 0.29) is 11.6 Å². The summed E-state index contributed by atoms with van der Waals surface area (Å²) in [5, 5.41) is 13.4. The molecule has 1 unspecified atom stereocenters. The number of aryl methyl sites for hydroxylation is 1. The fraction of sp³-hybridized carbons (Fsp3) is 0.304. The molecular weight excluding hydrogens is 352 g/mol. The topological polar surface area (TPSA) is 71.3 Å². The van der Waals surface area contributed by atoms with E-state index in [1.807, 2.05) is 17.6 Å². The third kappa shape index (κ3) is 2.50. The van der Waals surface area contributed by atoms with E-state index in [0.29, 0.717) is 11.4 Å². The van der Waals surface area contributed by atoms with Gasteiger partial charge >= 0.3 is 5.97 Å². The summed E-state index contributed by atoms with van der Waals surface area (Å²) in [5.74, 6) is -1.16. The number of benzene rings is 2. The number of pyridine rings is 1. The summed E-state index contributed by atoms with van der Waals surface area (Å²) in [6, 6.07) is 10.9. The lowest BCUT2D eigenvalue weighted by molar-refractivity contribution is 0.0695. The average molecular weight is 374 g/mol. The highest BCUT2D eigenvalue weighted by Crippen LogP contribution is 2.39. The van der Waals surface area contributed by atoms with Gasteiger partial charge in [0.05, 0.1) is 5.52 Å². The molecule has 0 amide bonds. The minimum absolute atomic E-state index is 0.149. The molecule has 0 bridgehead atoms. The second-order valence-electron chi connectivity index (χ2n) is 7.97. The number of hydrogen-bond acceptors (Lipinski definition) is 3. The van der Waals surface area contributed by atoms with Crippen molar-refractivity contribution in [2.24, 2.45) is 0 Å². The van der Waals surface area contributed by atoms with Crippen LogP contribution in [-0.2, 0) is 6.54 Å². The first-order valence-electron chi connectivity index (χ1n) is 9.74. The van der Waals surface area contributed by atoms with E-state index in [1.165, 1.54) is 17.3 Å². The van der Waals surface area contributed by atoms with Crippen LogP contribution in [0.1, 0.15) is 58.9 Å². The molecule has 142 valence electrons. The molecule has 1 aliphatic heterocycles. The van der Waals surface area contributed by atoms with Crippen molar-refractivity contribution in [3.63, 3.8) is 0 Å². The van der Waals surface area contributed by atoms with Crippen LogP contribution in [0.3, 0.4) is 0 Å². The molecule has 2 aromatic carbocycles. The van der Waals surface area contributed by atoms with Crippen LogP contribution >= 0.6 is 0 Å². The predicted molar refractivity (Wildman–Crippen MR) is 109 cm³/mol. The maximum atomic E-state index is 12.8. The summed E-state index contributed by atoms with van der Waals surface area (Å²) in [7, 11) is 0. The first kappa shape index (κ1) is 17.2. The molecule has 0 spiro atoms. The second kappa shape index (κ2) is 6.04. The number of nitrogens with one attached hydrogen (secondary N) is 1. The Hall–Kier alpha value is -2.92. The Morgan fingerprint density at radius 3 is 2.71 bits per heavy atom. The Labute approximate surface area is 162 Å². The lowest BCUT2D eigenvalue weighted by Gasteiger charge is -2.17. The fourth-order valence-corrected chi connectivity index (χ4v) is 4.45. The molecule has 2 aliphatic rings. The maximum absolute atomic E-state index is 12.8. The molecule has 1 saturated carbocycles. The summed E-state index contributed by atoms with van der Waals surface area (Å²) >= 11 is 0. The normalized spacial score (nSPS) is 18.4. The third-order valence-electron chi connectivity index (χ3n) is 6.14. The number of carbonyl (C=O) groups is 1. The Kier molecular flexibility index (Phi) is 3.71. The summed E-state index contributed by atoms with van der Waals surface area (Å²) in [4.78, 5) is 24.3. The average Bonchev–Trinajstić information content (AvgIpc) is 3.45. The molecule has 1 aromatic heterocycles. The molecule has 0 saturated heterocycles. The third-order valence-corrected chi connectivity index (χ3v) is 6.14. The summed E-state index contributed by atoms with van der Waals surface area (Å²) in [6.07, 6.45) is 3.57. The second-order valence-corrected chi connectivity index (χ2v) is 7.97. The molecule has 5 nitrogen and oxygen atoms in total. The van der Waals surface area contributed by atoms with Crippen molar-refractivity contribution in [3.05, 3.63) is 69.0 Å². The molecule has 28 heavy (non-hydrogen) atoms. The highest BCUT2D eigenvalue weighted by Gasteiger charge is 2.28. The van der Waals surface area contributed by atoms with Crippen LogP contribution in [-0.4, -0.2) is 15.6 Å². The van der Waals surface area contributed by atoms with Crippen molar-refractivity contribution in [2.75, 3.05) is 0 Å². The molecule has 1 fully saturated rings. The minimum atomic E-state index is -1.16. The minimum Gasteiger partial charge on any atom is -0.477 e. The Bertz CT molecular complexity index is 1200. The Morgan fingerprint density at radius 1 is 1.21 bits per heavy atom. The van der Waals surface area contributed by atoms with Crippen LogP contribution in [0.25, 0.3) is 22.0 Å². The fourth-order valence-electron chi connectivity index (χ4n) is 4.45. The van der Waals surface area contributed by atoms with Crippen LogP contribution in [0, 0.1) is 6.92 Å².